The smallest absolute Gasteiger partial charge is 0.407 e. The Kier molecular flexibility index (Phi) is 20.2. The zero-order valence-corrected chi connectivity index (χ0v) is 38.3. The zero-order chi connectivity index (χ0) is 44.6. The number of piperidine rings is 1. The molecule has 1 aliphatic heterocycles. The van der Waals surface area contributed by atoms with Crippen molar-refractivity contribution in [3.8, 4) is 0 Å². The lowest BCUT2D eigenvalue weighted by atomic mass is 9.84. The van der Waals surface area contributed by atoms with E-state index in [1.54, 1.807) is 19.2 Å². The summed E-state index contributed by atoms with van der Waals surface area (Å²) in [5, 5.41) is 24.9. The molecule has 336 valence electrons. The molecule has 3 rings (SSSR count). The summed E-state index contributed by atoms with van der Waals surface area (Å²) in [6.07, 6.45) is 4.81. The fourth-order valence-electron chi connectivity index (χ4n) is 7.33. The molecule has 0 radical (unpaired) electrons. The van der Waals surface area contributed by atoms with Crippen LogP contribution in [0.5, 0.6) is 0 Å². The number of carboxylic acid groups (broad SMARTS) is 1. The highest BCUT2D eigenvalue weighted by Gasteiger charge is 2.40. The van der Waals surface area contributed by atoms with E-state index in [0.717, 1.165) is 54.8 Å². The lowest BCUT2D eigenvalue weighted by Crippen LogP contribution is -2.58. The van der Waals surface area contributed by atoms with E-state index in [0.29, 0.717) is 30.7 Å². The average Bonchev–Trinajstić information content (AvgIpc) is 3.72. The number of hydroxylamine groups is 2. The Morgan fingerprint density at radius 2 is 1.73 bits per heavy atom. The van der Waals surface area contributed by atoms with Gasteiger partial charge in [0.05, 0.1) is 24.1 Å². The van der Waals surface area contributed by atoms with Crippen molar-refractivity contribution in [2.45, 2.75) is 143 Å². The second-order valence-electron chi connectivity index (χ2n) is 17.0. The van der Waals surface area contributed by atoms with Gasteiger partial charge in [0, 0.05) is 37.6 Å². The monoisotopic (exact) mass is 858 g/mol. The molecule has 0 spiro atoms. The number of anilines is 1. The Labute approximate surface area is 361 Å². The quantitative estimate of drug-likeness (QED) is 0.0551. The molecule has 2 aromatic rings. The number of likely N-dealkylation sites (N-methyl/N-ethyl adjacent to an activating group) is 1. The maximum Gasteiger partial charge on any atom is 0.407 e. The van der Waals surface area contributed by atoms with Crippen LogP contribution in [0.3, 0.4) is 0 Å². The molecule has 0 aliphatic carbocycles. The first-order valence-electron chi connectivity index (χ1n) is 21.6. The van der Waals surface area contributed by atoms with Crippen molar-refractivity contribution in [1.29, 1.82) is 0 Å². The predicted octanol–water partition coefficient (Wildman–Crippen LogP) is 6.80. The number of hydrogen-bond donors (Lipinski definition) is 5. The highest BCUT2D eigenvalue weighted by Crippen LogP contribution is 2.32. The standard InChI is InChI=1S/C44H71N7O8S/c1-11-13-16-23-58-51(41(54)37(29(5)12-2)49-39(53)34-17-14-15-22-50(34)10)35(28(3)4)25-36(59-43(57)46-9)40-48-33(27-60-40)38(52)47-32(26-44(6,7)42(55)56)24-30-18-20-31(45-8)21-19-30/h18-21,27-29,32,34-37,45H,11-17,22-26H2,1-10H3,(H,46,57)(H,47,52)(H,49,53)(H,55,56)/t29-,32-,34+,35+,36+,37-/m0/s1. The molecule has 16 heteroatoms. The number of carboxylic acids is 1. The average molecular weight is 858 g/mol. The first-order chi connectivity index (χ1) is 28.5. The molecule has 2 heterocycles. The third-order valence-corrected chi connectivity index (χ3v) is 12.4. The van der Waals surface area contributed by atoms with Crippen LogP contribution < -0.4 is 21.3 Å². The van der Waals surface area contributed by atoms with Crippen molar-refractivity contribution in [2.75, 3.05) is 39.6 Å². The van der Waals surface area contributed by atoms with Crippen molar-refractivity contribution in [3.05, 3.63) is 45.9 Å². The van der Waals surface area contributed by atoms with Crippen molar-refractivity contribution in [1.82, 2.24) is 30.9 Å². The van der Waals surface area contributed by atoms with Gasteiger partial charge < -0.3 is 31.1 Å². The number of rotatable bonds is 24. The third kappa shape index (κ3) is 14.7. The van der Waals surface area contributed by atoms with Gasteiger partial charge in [-0.3, -0.25) is 28.9 Å². The maximum atomic E-state index is 14.8. The van der Waals surface area contributed by atoms with Gasteiger partial charge in [-0.05, 0) is 89.1 Å². The number of nitrogens with zero attached hydrogens (tertiary/aromatic N) is 3. The molecule has 0 unspecified atom stereocenters. The molecule has 6 atom stereocenters. The number of aliphatic carboxylic acids is 1. The Hall–Kier alpha value is -4.28. The van der Waals surface area contributed by atoms with Crippen LogP contribution in [0.15, 0.2) is 29.6 Å². The summed E-state index contributed by atoms with van der Waals surface area (Å²) in [5.74, 6) is -2.44. The molecule has 5 N–H and O–H groups in total. The third-order valence-electron chi connectivity index (χ3n) is 11.5. The fraction of sp³-hybridized carbons (Fsp3) is 0.682. The largest absolute Gasteiger partial charge is 0.481 e. The Morgan fingerprint density at radius 1 is 1.03 bits per heavy atom. The van der Waals surface area contributed by atoms with Crippen molar-refractivity contribution >= 4 is 46.8 Å². The first kappa shape index (κ1) is 50.1. The Bertz CT molecular complexity index is 1690. The molecule has 60 heavy (non-hydrogen) atoms. The number of ether oxygens (including phenoxy) is 1. The minimum atomic E-state index is -1.13. The molecule has 4 amide bonds. The number of hydrogen-bond acceptors (Lipinski definition) is 11. The van der Waals surface area contributed by atoms with Crippen LogP contribution in [-0.2, 0) is 30.4 Å². The molecule has 15 nitrogen and oxygen atoms in total. The maximum absolute atomic E-state index is 14.8. The van der Waals surface area contributed by atoms with E-state index in [1.165, 1.54) is 12.1 Å². The Morgan fingerprint density at radius 3 is 2.32 bits per heavy atom. The van der Waals surface area contributed by atoms with Crippen molar-refractivity contribution < 1.29 is 38.7 Å². The molecule has 0 saturated carbocycles. The molecule has 1 fully saturated rings. The van der Waals surface area contributed by atoms with E-state index < -0.39 is 47.6 Å². The number of benzene rings is 1. The van der Waals surface area contributed by atoms with E-state index in [4.69, 9.17) is 9.57 Å². The topological polar surface area (TPSA) is 192 Å². The van der Waals surface area contributed by atoms with E-state index in [-0.39, 0.29) is 54.8 Å². The van der Waals surface area contributed by atoms with Gasteiger partial charge in [0.2, 0.25) is 5.91 Å². The Balaban J connectivity index is 1.96. The summed E-state index contributed by atoms with van der Waals surface area (Å²) in [7, 11) is 5.20. The summed E-state index contributed by atoms with van der Waals surface area (Å²) in [5.41, 5.74) is 0.806. The predicted molar refractivity (Wildman–Crippen MR) is 235 cm³/mol. The summed E-state index contributed by atoms with van der Waals surface area (Å²) in [6.45, 7) is 14.3. The second kappa shape index (κ2) is 24.2. The number of thiazole rings is 1. The number of likely N-dealkylation sites (tertiary alicyclic amines) is 1. The van der Waals surface area contributed by atoms with Gasteiger partial charge >= 0.3 is 12.1 Å². The molecular formula is C44H71N7O8S. The van der Waals surface area contributed by atoms with E-state index in [9.17, 15) is 29.1 Å². The summed E-state index contributed by atoms with van der Waals surface area (Å²) < 4.78 is 5.92. The number of amides is 4. The number of nitrogens with one attached hydrogen (secondary N) is 4. The number of alkyl carbamates (subject to hydrolysis) is 1. The number of carbonyl (C=O) groups is 5. The summed E-state index contributed by atoms with van der Waals surface area (Å²) >= 11 is 1.15. The van der Waals surface area contributed by atoms with Crippen LogP contribution in [0.4, 0.5) is 10.5 Å². The highest BCUT2D eigenvalue weighted by atomic mass is 32.1. The summed E-state index contributed by atoms with van der Waals surface area (Å²) in [6, 6.07) is 5.34. The molecule has 1 aromatic carbocycles. The minimum Gasteiger partial charge on any atom is -0.481 e. The van der Waals surface area contributed by atoms with Gasteiger partial charge in [-0.25, -0.2) is 14.8 Å². The van der Waals surface area contributed by atoms with Crippen LogP contribution in [-0.4, -0.2) is 108 Å². The number of unbranched alkanes of at least 4 members (excludes halogenated alkanes) is 2. The molecular weight excluding hydrogens is 787 g/mol. The molecule has 1 aromatic heterocycles. The highest BCUT2D eigenvalue weighted by molar-refractivity contribution is 7.09. The van der Waals surface area contributed by atoms with Gasteiger partial charge in [0.1, 0.15) is 16.7 Å². The van der Waals surface area contributed by atoms with Crippen LogP contribution in [0.25, 0.3) is 0 Å². The van der Waals surface area contributed by atoms with Gasteiger partial charge in [0.25, 0.3) is 11.8 Å². The number of aromatic nitrogens is 1. The van der Waals surface area contributed by atoms with Gasteiger partial charge in [-0.1, -0.05) is 72.4 Å². The molecule has 1 aliphatic rings. The lowest BCUT2D eigenvalue weighted by molar-refractivity contribution is -0.212. The first-order valence-corrected chi connectivity index (χ1v) is 22.4. The van der Waals surface area contributed by atoms with Crippen LogP contribution >= 0.6 is 11.3 Å². The van der Waals surface area contributed by atoms with Crippen molar-refractivity contribution in [2.24, 2.45) is 17.3 Å². The van der Waals surface area contributed by atoms with Gasteiger partial charge in [-0.2, -0.15) is 0 Å². The summed E-state index contributed by atoms with van der Waals surface area (Å²) in [4.78, 5) is 80.4. The fourth-order valence-corrected chi connectivity index (χ4v) is 8.17. The van der Waals surface area contributed by atoms with Crippen LogP contribution in [0.1, 0.15) is 133 Å². The molecule has 0 bridgehead atoms. The molecule has 1 saturated heterocycles. The SMILES string of the molecule is CCCCCON(C(=O)[C@@H](NC(=O)[C@H]1CCCCN1C)[C@@H](C)CC)[C@H](C[C@@H](OC(=O)NC)c1nc(C(=O)N[C@@H](Cc2ccc(NC)cc2)CC(C)(C)C(=O)O)cs1)C(C)C. The van der Waals surface area contributed by atoms with Crippen molar-refractivity contribution in [3.63, 3.8) is 0 Å². The van der Waals surface area contributed by atoms with E-state index >= 15 is 0 Å². The lowest BCUT2D eigenvalue weighted by Gasteiger charge is -2.39. The van der Waals surface area contributed by atoms with Gasteiger partial charge in [0.15, 0.2) is 6.10 Å². The minimum absolute atomic E-state index is 0.0845. The van der Waals surface area contributed by atoms with E-state index in [1.807, 2.05) is 71.0 Å². The van der Waals surface area contributed by atoms with Gasteiger partial charge in [-0.15, -0.1) is 11.3 Å². The number of carbonyl (C=O) groups excluding carboxylic acids is 4. The van der Waals surface area contributed by atoms with Crippen LogP contribution in [0.2, 0.25) is 0 Å². The second-order valence-corrected chi connectivity index (χ2v) is 17.9. The van der Waals surface area contributed by atoms with Crippen LogP contribution in [0, 0.1) is 17.3 Å². The zero-order valence-electron chi connectivity index (χ0n) is 37.5. The normalized spacial score (nSPS) is 17.1. The van der Waals surface area contributed by atoms with E-state index in [2.05, 4.69) is 33.2 Å².